The van der Waals surface area contributed by atoms with Crippen molar-refractivity contribution < 1.29 is 17.9 Å². The average molecular weight is 349 g/mol. The number of nitriles is 1. The van der Waals surface area contributed by atoms with E-state index in [2.05, 4.69) is 27.4 Å². The number of ether oxygens (including phenoxy) is 1. The molecule has 0 radical (unpaired) electrons. The van der Waals surface area contributed by atoms with Gasteiger partial charge >= 0.3 is 6.18 Å². The molecule has 1 saturated heterocycles. The molecular formula is C16H14F3N5O. The van der Waals surface area contributed by atoms with Crippen molar-refractivity contribution in [1.29, 1.82) is 5.26 Å². The van der Waals surface area contributed by atoms with Crippen molar-refractivity contribution in [3.05, 3.63) is 59.3 Å². The van der Waals surface area contributed by atoms with E-state index in [0.29, 0.717) is 0 Å². The van der Waals surface area contributed by atoms with Crippen LogP contribution in [0.4, 0.5) is 13.2 Å². The van der Waals surface area contributed by atoms with Crippen LogP contribution >= 0.6 is 0 Å². The molecule has 9 heteroatoms. The van der Waals surface area contributed by atoms with E-state index in [1.165, 1.54) is 6.07 Å². The monoisotopic (exact) mass is 349 g/mol. The fourth-order valence-corrected chi connectivity index (χ4v) is 2.41. The predicted octanol–water partition coefficient (Wildman–Crippen LogP) is 2.23. The van der Waals surface area contributed by atoms with Gasteiger partial charge in [-0.1, -0.05) is 24.3 Å². The molecule has 0 saturated carbocycles. The van der Waals surface area contributed by atoms with E-state index in [1.807, 2.05) is 24.3 Å². The van der Waals surface area contributed by atoms with Gasteiger partial charge in [-0.05, 0) is 17.2 Å². The number of halogens is 3. The molecular weight excluding hydrogens is 335 g/mol. The summed E-state index contributed by atoms with van der Waals surface area (Å²) in [6.45, 7) is 0.150. The highest BCUT2D eigenvalue weighted by atomic mass is 19.4. The second-order valence-electron chi connectivity index (χ2n) is 5.41. The first kappa shape index (κ1) is 17.2. The van der Waals surface area contributed by atoms with Gasteiger partial charge in [-0.15, -0.1) is 0 Å². The van der Waals surface area contributed by atoms with Crippen LogP contribution in [0.3, 0.4) is 0 Å². The summed E-state index contributed by atoms with van der Waals surface area (Å²) in [5, 5.41) is 9.09. The van der Waals surface area contributed by atoms with Crippen LogP contribution in [0, 0.1) is 11.3 Å². The minimum absolute atomic E-state index is 0.107. The molecule has 130 valence electrons. The van der Waals surface area contributed by atoms with E-state index in [0.717, 1.165) is 23.4 Å². The number of hydrogen-bond donors (Lipinski definition) is 3. The number of alkyl halides is 3. The summed E-state index contributed by atoms with van der Waals surface area (Å²) in [6.07, 6.45) is -3.68. The minimum Gasteiger partial charge on any atom is -0.473 e. The van der Waals surface area contributed by atoms with Crippen molar-refractivity contribution in [3.63, 3.8) is 0 Å². The van der Waals surface area contributed by atoms with Gasteiger partial charge in [0.25, 0.3) is 0 Å². The molecule has 1 aromatic carbocycles. The van der Waals surface area contributed by atoms with E-state index in [-0.39, 0.29) is 18.5 Å². The Balaban J connectivity index is 1.66. The number of rotatable bonds is 4. The van der Waals surface area contributed by atoms with E-state index in [9.17, 15) is 13.2 Å². The van der Waals surface area contributed by atoms with Crippen LogP contribution in [0.2, 0.25) is 0 Å². The number of hydrazine groups is 2. The summed E-state index contributed by atoms with van der Waals surface area (Å²) < 4.78 is 42.9. The topological polar surface area (TPSA) is 82.0 Å². The number of benzene rings is 1. The van der Waals surface area contributed by atoms with Crippen LogP contribution in [0.25, 0.3) is 0 Å². The summed E-state index contributed by atoms with van der Waals surface area (Å²) in [4.78, 5) is 3.67. The maximum Gasteiger partial charge on any atom is 0.417 e. The van der Waals surface area contributed by atoms with Crippen LogP contribution in [-0.2, 0) is 12.8 Å². The molecule has 2 atom stereocenters. The largest absolute Gasteiger partial charge is 0.473 e. The van der Waals surface area contributed by atoms with Crippen molar-refractivity contribution in [3.8, 4) is 11.9 Å². The SMILES string of the molecule is N#CC1NNNC1c1cccc(COc2ccc(C(F)(F)F)cn2)c1. The van der Waals surface area contributed by atoms with Gasteiger partial charge in [0.05, 0.1) is 17.7 Å². The average Bonchev–Trinajstić information content (AvgIpc) is 3.08. The Hall–Kier alpha value is -2.67. The van der Waals surface area contributed by atoms with Gasteiger partial charge in [-0.2, -0.15) is 24.0 Å². The van der Waals surface area contributed by atoms with Gasteiger partial charge in [0.2, 0.25) is 5.88 Å². The lowest BCUT2D eigenvalue weighted by atomic mass is 10.00. The Bertz CT molecular complexity index is 773. The van der Waals surface area contributed by atoms with Crippen LogP contribution in [0.15, 0.2) is 42.6 Å². The molecule has 25 heavy (non-hydrogen) atoms. The molecule has 2 unspecified atom stereocenters. The number of nitrogens with one attached hydrogen (secondary N) is 3. The van der Waals surface area contributed by atoms with E-state index in [1.54, 1.807) is 0 Å². The lowest BCUT2D eigenvalue weighted by Crippen LogP contribution is -2.32. The van der Waals surface area contributed by atoms with Crippen LogP contribution in [-0.4, -0.2) is 11.0 Å². The molecule has 1 aliphatic rings. The predicted molar refractivity (Wildman–Crippen MR) is 81.6 cm³/mol. The second kappa shape index (κ2) is 7.06. The van der Waals surface area contributed by atoms with Crippen molar-refractivity contribution in [2.75, 3.05) is 0 Å². The van der Waals surface area contributed by atoms with E-state index >= 15 is 0 Å². The standard InChI is InChI=1S/C16H14F3N5O/c17-16(18,19)12-4-5-14(21-8-12)25-9-10-2-1-3-11(6-10)15-13(7-20)22-24-23-15/h1-6,8,13,15,22-24H,9H2. The first-order valence-electron chi connectivity index (χ1n) is 7.38. The normalized spacial score (nSPS) is 20.2. The molecule has 1 aromatic heterocycles. The molecule has 3 rings (SSSR count). The fraction of sp³-hybridized carbons (Fsp3) is 0.250. The molecule has 6 nitrogen and oxygen atoms in total. The fourth-order valence-electron chi connectivity index (χ4n) is 2.41. The Kier molecular flexibility index (Phi) is 4.85. The zero-order valence-electron chi connectivity index (χ0n) is 12.8. The highest BCUT2D eigenvalue weighted by Crippen LogP contribution is 2.29. The third kappa shape index (κ3) is 4.06. The first-order valence-corrected chi connectivity index (χ1v) is 7.38. The zero-order chi connectivity index (χ0) is 17.9. The Morgan fingerprint density at radius 2 is 2.04 bits per heavy atom. The molecule has 0 bridgehead atoms. The Labute approximate surface area is 141 Å². The summed E-state index contributed by atoms with van der Waals surface area (Å²) >= 11 is 0. The second-order valence-corrected chi connectivity index (χ2v) is 5.41. The van der Waals surface area contributed by atoms with E-state index in [4.69, 9.17) is 10.00 Å². The third-order valence-corrected chi connectivity index (χ3v) is 3.69. The van der Waals surface area contributed by atoms with Crippen molar-refractivity contribution in [2.24, 2.45) is 0 Å². The summed E-state index contributed by atoms with van der Waals surface area (Å²) in [5.41, 5.74) is 9.32. The lowest BCUT2D eigenvalue weighted by Gasteiger charge is -2.14. The molecule has 0 spiro atoms. The number of nitrogens with zero attached hydrogens (tertiary/aromatic N) is 2. The van der Waals surface area contributed by atoms with Crippen LogP contribution in [0.5, 0.6) is 5.88 Å². The molecule has 0 amide bonds. The van der Waals surface area contributed by atoms with E-state index < -0.39 is 17.8 Å². The zero-order valence-corrected chi connectivity index (χ0v) is 12.8. The Morgan fingerprint density at radius 3 is 2.72 bits per heavy atom. The van der Waals surface area contributed by atoms with Gasteiger partial charge in [0.15, 0.2) is 0 Å². The van der Waals surface area contributed by atoms with Crippen LogP contribution in [0.1, 0.15) is 22.7 Å². The summed E-state index contributed by atoms with van der Waals surface area (Å²) in [5.74, 6) is 0.107. The highest BCUT2D eigenvalue weighted by Gasteiger charge is 2.30. The first-order chi connectivity index (χ1) is 12.0. The van der Waals surface area contributed by atoms with Gasteiger partial charge < -0.3 is 4.74 Å². The highest BCUT2D eigenvalue weighted by molar-refractivity contribution is 5.29. The number of hydrogen-bond acceptors (Lipinski definition) is 6. The van der Waals surface area contributed by atoms with Gasteiger partial charge in [-0.25, -0.2) is 15.8 Å². The van der Waals surface area contributed by atoms with Gasteiger partial charge in [0, 0.05) is 12.3 Å². The number of aromatic nitrogens is 1. The smallest absolute Gasteiger partial charge is 0.417 e. The molecule has 2 aromatic rings. The molecule has 1 fully saturated rings. The Morgan fingerprint density at radius 1 is 1.20 bits per heavy atom. The lowest BCUT2D eigenvalue weighted by molar-refractivity contribution is -0.137. The van der Waals surface area contributed by atoms with Gasteiger partial charge in [0.1, 0.15) is 12.6 Å². The van der Waals surface area contributed by atoms with Crippen LogP contribution < -0.4 is 21.1 Å². The van der Waals surface area contributed by atoms with Crippen molar-refractivity contribution >= 4 is 0 Å². The third-order valence-electron chi connectivity index (χ3n) is 3.69. The summed E-state index contributed by atoms with van der Waals surface area (Å²) in [6, 6.07) is 11.0. The molecule has 0 aliphatic carbocycles. The summed E-state index contributed by atoms with van der Waals surface area (Å²) in [7, 11) is 0. The molecule has 1 aliphatic heterocycles. The van der Waals surface area contributed by atoms with Crippen molar-refractivity contribution in [1.82, 2.24) is 21.4 Å². The maximum atomic E-state index is 12.5. The maximum absolute atomic E-state index is 12.5. The quantitative estimate of drug-likeness (QED) is 0.785. The molecule has 3 N–H and O–H groups in total. The van der Waals surface area contributed by atoms with Gasteiger partial charge in [-0.3, -0.25) is 0 Å². The molecule has 2 heterocycles. The number of pyridine rings is 1. The minimum atomic E-state index is -4.42. The van der Waals surface area contributed by atoms with Crippen molar-refractivity contribution in [2.45, 2.75) is 24.9 Å².